The van der Waals surface area contributed by atoms with E-state index in [9.17, 15) is 5.11 Å². The average molecular weight is 316 g/mol. The molecule has 0 spiro atoms. The van der Waals surface area contributed by atoms with Crippen LogP contribution in [0.5, 0.6) is 0 Å². The van der Waals surface area contributed by atoms with Crippen LogP contribution in [-0.2, 0) is 5.60 Å². The van der Waals surface area contributed by atoms with Crippen LogP contribution in [0.4, 0.5) is 0 Å². The molecule has 0 saturated carbocycles. The molecular weight excluding hydrogens is 292 g/mol. The van der Waals surface area contributed by atoms with E-state index in [0.717, 1.165) is 38.9 Å². The van der Waals surface area contributed by atoms with Gasteiger partial charge in [0.1, 0.15) is 5.60 Å². The molecule has 0 aliphatic carbocycles. The van der Waals surface area contributed by atoms with Crippen molar-refractivity contribution in [1.82, 2.24) is 0 Å². The summed E-state index contributed by atoms with van der Waals surface area (Å²) in [5, 5.41) is 11.9. The molecule has 0 saturated heterocycles. The summed E-state index contributed by atoms with van der Waals surface area (Å²) in [5.74, 6) is 0. The Morgan fingerprint density at radius 1 is 0.542 bits per heavy atom. The lowest BCUT2D eigenvalue weighted by atomic mass is 9.78. The summed E-state index contributed by atoms with van der Waals surface area (Å²) in [4.78, 5) is 0. The minimum atomic E-state index is -1.16. The van der Waals surface area contributed by atoms with E-state index >= 15 is 0 Å². The quantitative estimate of drug-likeness (QED) is 0.658. The third-order valence-electron chi connectivity index (χ3n) is 4.47. The molecule has 0 heterocycles. The molecule has 24 heavy (non-hydrogen) atoms. The van der Waals surface area contributed by atoms with Gasteiger partial charge in [-0.15, -0.1) is 0 Å². The summed E-state index contributed by atoms with van der Waals surface area (Å²) in [5.41, 5.74) is 6.18. The molecule has 1 nitrogen and oxygen atoms in total. The molecule has 122 valence electrons. The second-order valence-electron chi connectivity index (χ2n) is 6.83. The zero-order valence-corrected chi connectivity index (χ0v) is 14.8. The van der Waals surface area contributed by atoms with E-state index in [2.05, 4.69) is 64.1 Å². The zero-order valence-electron chi connectivity index (χ0n) is 14.8. The molecule has 0 atom stereocenters. The Morgan fingerprint density at radius 2 is 0.917 bits per heavy atom. The summed E-state index contributed by atoms with van der Waals surface area (Å²) in [6.07, 6.45) is 0. The molecule has 3 aromatic carbocycles. The van der Waals surface area contributed by atoms with Gasteiger partial charge in [0.05, 0.1) is 0 Å². The third-order valence-corrected chi connectivity index (χ3v) is 4.47. The van der Waals surface area contributed by atoms with E-state index < -0.39 is 5.60 Å². The maximum atomic E-state index is 11.9. The van der Waals surface area contributed by atoms with Crippen LogP contribution in [0.3, 0.4) is 0 Å². The molecule has 0 bridgehead atoms. The molecule has 0 unspecified atom stereocenters. The fourth-order valence-electron chi connectivity index (χ4n) is 3.55. The fourth-order valence-corrected chi connectivity index (χ4v) is 3.55. The van der Waals surface area contributed by atoms with E-state index in [1.54, 1.807) is 0 Å². The predicted molar refractivity (Wildman–Crippen MR) is 100 cm³/mol. The molecule has 1 N–H and O–H groups in total. The van der Waals surface area contributed by atoms with Crippen molar-refractivity contribution in [2.24, 2.45) is 0 Å². The van der Waals surface area contributed by atoms with Crippen molar-refractivity contribution in [3.63, 3.8) is 0 Å². The first kappa shape index (κ1) is 16.5. The topological polar surface area (TPSA) is 20.2 Å². The molecule has 3 aromatic rings. The van der Waals surface area contributed by atoms with Gasteiger partial charge in [-0.25, -0.2) is 0 Å². The Labute approximate surface area is 144 Å². The Kier molecular flexibility index (Phi) is 4.29. The van der Waals surface area contributed by atoms with Gasteiger partial charge in [0.25, 0.3) is 0 Å². The SMILES string of the molecule is Cc1cc(C)cc(C(O)(c2ccccc2)c2cc(C)cc(C)c2)c1. The number of rotatable bonds is 3. The molecular formula is C23H24O. The largest absolute Gasteiger partial charge is 0.376 e. The van der Waals surface area contributed by atoms with Crippen molar-refractivity contribution < 1.29 is 5.11 Å². The van der Waals surface area contributed by atoms with Crippen LogP contribution < -0.4 is 0 Å². The molecule has 1 heteroatoms. The molecule has 0 amide bonds. The molecule has 3 rings (SSSR count). The van der Waals surface area contributed by atoms with Crippen molar-refractivity contribution in [2.75, 3.05) is 0 Å². The van der Waals surface area contributed by atoms with Gasteiger partial charge >= 0.3 is 0 Å². The lowest BCUT2D eigenvalue weighted by Gasteiger charge is -2.31. The standard InChI is InChI=1S/C23H24O/c1-16-10-17(2)13-21(12-16)23(24,20-8-6-5-7-9-20)22-14-18(3)11-19(4)15-22/h5-15,24H,1-4H3. The second kappa shape index (κ2) is 6.26. The van der Waals surface area contributed by atoms with Crippen LogP contribution >= 0.6 is 0 Å². The Bertz CT molecular complexity index is 770. The highest BCUT2D eigenvalue weighted by atomic mass is 16.3. The van der Waals surface area contributed by atoms with Gasteiger partial charge in [-0.05, 0) is 44.4 Å². The first-order chi connectivity index (χ1) is 11.4. The Hall–Kier alpha value is -2.38. The third kappa shape index (κ3) is 3.00. The molecule has 0 radical (unpaired) electrons. The first-order valence-corrected chi connectivity index (χ1v) is 8.35. The summed E-state index contributed by atoms with van der Waals surface area (Å²) in [6.45, 7) is 8.29. The maximum absolute atomic E-state index is 11.9. The van der Waals surface area contributed by atoms with Crippen LogP contribution in [-0.4, -0.2) is 5.11 Å². The monoisotopic (exact) mass is 316 g/mol. The summed E-state index contributed by atoms with van der Waals surface area (Å²) in [7, 11) is 0. The number of hydrogen-bond acceptors (Lipinski definition) is 1. The van der Waals surface area contributed by atoms with Gasteiger partial charge in [0, 0.05) is 0 Å². The maximum Gasteiger partial charge on any atom is 0.140 e. The van der Waals surface area contributed by atoms with E-state index in [1.807, 2.05) is 30.3 Å². The van der Waals surface area contributed by atoms with Crippen molar-refractivity contribution >= 4 is 0 Å². The van der Waals surface area contributed by atoms with Gasteiger partial charge in [0.2, 0.25) is 0 Å². The average Bonchev–Trinajstić information content (AvgIpc) is 2.53. The molecule has 0 aromatic heterocycles. The van der Waals surface area contributed by atoms with Crippen molar-refractivity contribution in [1.29, 1.82) is 0 Å². The lowest BCUT2D eigenvalue weighted by Crippen LogP contribution is -2.29. The zero-order chi connectivity index (χ0) is 17.3. The van der Waals surface area contributed by atoms with Crippen molar-refractivity contribution in [3.8, 4) is 0 Å². The predicted octanol–water partition coefficient (Wildman–Crippen LogP) is 5.20. The Balaban J connectivity index is 2.33. The van der Waals surface area contributed by atoms with Crippen LogP contribution in [0, 0.1) is 27.7 Å². The van der Waals surface area contributed by atoms with Crippen molar-refractivity contribution in [3.05, 3.63) is 106 Å². The highest BCUT2D eigenvalue weighted by Crippen LogP contribution is 2.38. The summed E-state index contributed by atoms with van der Waals surface area (Å²) >= 11 is 0. The van der Waals surface area contributed by atoms with Crippen LogP contribution in [0.2, 0.25) is 0 Å². The number of aryl methyl sites for hydroxylation is 4. The Morgan fingerprint density at radius 3 is 1.29 bits per heavy atom. The van der Waals surface area contributed by atoms with Crippen LogP contribution in [0.25, 0.3) is 0 Å². The minimum absolute atomic E-state index is 0.889. The number of hydrogen-bond donors (Lipinski definition) is 1. The van der Waals surface area contributed by atoms with Crippen molar-refractivity contribution in [2.45, 2.75) is 33.3 Å². The summed E-state index contributed by atoms with van der Waals surface area (Å²) < 4.78 is 0. The normalized spacial score (nSPS) is 11.5. The van der Waals surface area contributed by atoms with Gasteiger partial charge in [-0.1, -0.05) is 89.0 Å². The fraction of sp³-hybridized carbons (Fsp3) is 0.217. The molecule has 0 aliphatic rings. The van der Waals surface area contributed by atoms with E-state index in [4.69, 9.17) is 0 Å². The molecule has 0 fully saturated rings. The minimum Gasteiger partial charge on any atom is -0.376 e. The number of aliphatic hydroxyl groups is 1. The smallest absolute Gasteiger partial charge is 0.140 e. The van der Waals surface area contributed by atoms with E-state index in [-0.39, 0.29) is 0 Å². The van der Waals surface area contributed by atoms with Gasteiger partial charge in [-0.2, -0.15) is 0 Å². The molecule has 0 aliphatic heterocycles. The van der Waals surface area contributed by atoms with E-state index in [1.165, 1.54) is 0 Å². The van der Waals surface area contributed by atoms with Gasteiger partial charge < -0.3 is 5.11 Å². The second-order valence-corrected chi connectivity index (χ2v) is 6.83. The van der Waals surface area contributed by atoms with Gasteiger partial charge in [0.15, 0.2) is 0 Å². The highest BCUT2D eigenvalue weighted by molar-refractivity contribution is 5.50. The highest BCUT2D eigenvalue weighted by Gasteiger charge is 2.34. The van der Waals surface area contributed by atoms with Crippen LogP contribution in [0.1, 0.15) is 38.9 Å². The lowest BCUT2D eigenvalue weighted by molar-refractivity contribution is 0.125. The van der Waals surface area contributed by atoms with Crippen LogP contribution in [0.15, 0.2) is 66.7 Å². The number of benzene rings is 3. The first-order valence-electron chi connectivity index (χ1n) is 8.35. The van der Waals surface area contributed by atoms with E-state index in [0.29, 0.717) is 0 Å². The summed E-state index contributed by atoms with van der Waals surface area (Å²) in [6, 6.07) is 22.5. The van der Waals surface area contributed by atoms with Gasteiger partial charge in [-0.3, -0.25) is 0 Å².